The van der Waals surface area contributed by atoms with Crippen LogP contribution in [0.15, 0.2) is 48.6 Å². The lowest BCUT2D eigenvalue weighted by Crippen LogP contribution is -2.46. The zero-order valence-electron chi connectivity index (χ0n) is 40.5. The van der Waals surface area contributed by atoms with E-state index < -0.39 is 18.2 Å². The van der Waals surface area contributed by atoms with Crippen LogP contribution in [0.25, 0.3) is 0 Å². The molecular weight excluding hydrogens is 755 g/mol. The van der Waals surface area contributed by atoms with E-state index in [1.54, 1.807) is 0 Å². The second-order valence-electron chi connectivity index (χ2n) is 18.0. The highest BCUT2D eigenvalue weighted by Gasteiger charge is 2.24. The lowest BCUT2D eigenvalue weighted by molar-refractivity contribution is -0.151. The van der Waals surface area contributed by atoms with Crippen LogP contribution in [-0.2, 0) is 14.3 Å². The van der Waals surface area contributed by atoms with Gasteiger partial charge in [0.2, 0.25) is 5.91 Å². The maximum atomic E-state index is 13.2. The molecule has 3 atom stereocenters. The molecule has 0 aromatic rings. The largest absolute Gasteiger partial charge is 0.462 e. The van der Waals surface area contributed by atoms with Gasteiger partial charge in [-0.1, -0.05) is 262 Å². The van der Waals surface area contributed by atoms with Crippen molar-refractivity contribution < 1.29 is 24.5 Å². The maximum Gasteiger partial charge on any atom is 0.306 e. The quantitative estimate of drug-likeness (QED) is 0.0322. The summed E-state index contributed by atoms with van der Waals surface area (Å²) in [6, 6.07) is -0.720. The van der Waals surface area contributed by atoms with E-state index in [1.165, 1.54) is 161 Å². The van der Waals surface area contributed by atoms with Gasteiger partial charge in [-0.05, 0) is 38.5 Å². The molecule has 1 amide bonds. The molecule has 0 saturated carbocycles. The van der Waals surface area contributed by atoms with E-state index in [2.05, 4.69) is 38.2 Å². The van der Waals surface area contributed by atoms with E-state index in [9.17, 15) is 19.8 Å². The molecule has 356 valence electrons. The molecular formula is C55H101NO5. The average Bonchev–Trinajstić information content (AvgIpc) is 3.25. The molecule has 0 fully saturated rings. The third kappa shape index (κ3) is 44.2. The fourth-order valence-corrected chi connectivity index (χ4v) is 8.04. The van der Waals surface area contributed by atoms with E-state index in [0.717, 1.165) is 57.8 Å². The van der Waals surface area contributed by atoms with Crippen LogP contribution < -0.4 is 5.32 Å². The van der Waals surface area contributed by atoms with Crippen molar-refractivity contribution in [2.75, 3.05) is 6.61 Å². The summed E-state index contributed by atoms with van der Waals surface area (Å²) in [5.74, 6) is -0.533. The van der Waals surface area contributed by atoms with Crippen LogP contribution in [0.2, 0.25) is 0 Å². The molecule has 0 heterocycles. The van der Waals surface area contributed by atoms with Gasteiger partial charge in [0, 0.05) is 6.42 Å². The molecule has 0 aliphatic heterocycles. The summed E-state index contributed by atoms with van der Waals surface area (Å²) in [5, 5.41) is 23.7. The van der Waals surface area contributed by atoms with Gasteiger partial charge in [-0.15, -0.1) is 0 Å². The van der Waals surface area contributed by atoms with Crippen LogP contribution >= 0.6 is 0 Å². The van der Waals surface area contributed by atoms with Crippen molar-refractivity contribution in [3.8, 4) is 0 Å². The van der Waals surface area contributed by atoms with Gasteiger partial charge < -0.3 is 20.3 Å². The Kier molecular flexibility index (Phi) is 47.1. The molecule has 0 rings (SSSR count). The summed E-state index contributed by atoms with van der Waals surface area (Å²) in [6.45, 7) is 6.34. The Morgan fingerprint density at radius 2 is 0.885 bits per heavy atom. The first-order valence-corrected chi connectivity index (χ1v) is 26.4. The number of rotatable bonds is 47. The summed E-state index contributed by atoms with van der Waals surface area (Å²) >= 11 is 0. The first-order valence-electron chi connectivity index (χ1n) is 26.4. The molecule has 61 heavy (non-hydrogen) atoms. The Balaban J connectivity index is 4.52. The van der Waals surface area contributed by atoms with Gasteiger partial charge in [0.1, 0.15) is 6.10 Å². The summed E-state index contributed by atoms with van der Waals surface area (Å²) in [6.07, 6.45) is 59.0. The highest BCUT2D eigenvalue weighted by atomic mass is 16.5. The van der Waals surface area contributed by atoms with E-state index in [-0.39, 0.29) is 24.9 Å². The molecule has 6 heteroatoms. The molecule has 0 aromatic carbocycles. The van der Waals surface area contributed by atoms with Crippen LogP contribution in [-0.4, -0.2) is 46.9 Å². The van der Waals surface area contributed by atoms with Crippen molar-refractivity contribution in [3.63, 3.8) is 0 Å². The molecule has 0 aliphatic rings. The summed E-state index contributed by atoms with van der Waals surface area (Å²) in [5.41, 5.74) is 0. The third-order valence-corrected chi connectivity index (χ3v) is 12.0. The normalized spacial score (nSPS) is 13.6. The number of amides is 1. The number of carbonyl (C=O) groups excluding carboxylic acids is 2. The molecule has 0 saturated heterocycles. The van der Waals surface area contributed by atoms with E-state index in [4.69, 9.17) is 4.74 Å². The predicted octanol–water partition coefficient (Wildman–Crippen LogP) is 15.8. The number of nitrogens with one attached hydrogen (secondary N) is 1. The monoisotopic (exact) mass is 856 g/mol. The third-order valence-electron chi connectivity index (χ3n) is 12.0. The zero-order valence-corrected chi connectivity index (χ0v) is 40.5. The van der Waals surface area contributed by atoms with Crippen LogP contribution in [0.1, 0.15) is 265 Å². The Hall–Kier alpha value is -2.18. The van der Waals surface area contributed by atoms with Gasteiger partial charge in [0.05, 0.1) is 25.2 Å². The molecule has 0 radical (unpaired) electrons. The lowest BCUT2D eigenvalue weighted by atomic mass is 10.0. The summed E-state index contributed by atoms with van der Waals surface area (Å²) in [4.78, 5) is 26.1. The molecule has 0 aliphatic carbocycles. The Labute approximate surface area is 378 Å². The Bertz CT molecular complexity index is 1050. The Morgan fingerprint density at radius 1 is 0.492 bits per heavy atom. The minimum absolute atomic E-state index is 0.0342. The molecule has 6 nitrogen and oxygen atoms in total. The van der Waals surface area contributed by atoms with Crippen molar-refractivity contribution in [2.24, 2.45) is 0 Å². The van der Waals surface area contributed by atoms with Crippen molar-refractivity contribution >= 4 is 11.9 Å². The van der Waals surface area contributed by atoms with Crippen LogP contribution in [0, 0.1) is 0 Å². The highest BCUT2D eigenvalue weighted by Crippen LogP contribution is 2.18. The average molecular weight is 856 g/mol. The maximum absolute atomic E-state index is 13.2. The van der Waals surface area contributed by atoms with Crippen LogP contribution in [0.5, 0.6) is 0 Å². The van der Waals surface area contributed by atoms with Crippen LogP contribution in [0.3, 0.4) is 0 Å². The highest BCUT2D eigenvalue weighted by molar-refractivity contribution is 5.77. The number of esters is 1. The van der Waals surface area contributed by atoms with Crippen molar-refractivity contribution in [2.45, 2.75) is 283 Å². The topological polar surface area (TPSA) is 95.9 Å². The summed E-state index contributed by atoms with van der Waals surface area (Å²) in [7, 11) is 0. The number of hydrogen-bond acceptors (Lipinski definition) is 5. The first kappa shape index (κ1) is 58.8. The standard InChI is InChI=1S/C55H101NO5/c1-4-7-10-13-16-19-22-24-25-26-27-28-30-33-36-39-42-45-48-55(60)61-51(46-43-40-37-34-31-21-18-15-12-9-6-3)49-54(59)56-52(50-57)53(58)47-44-41-38-35-32-29-23-20-17-14-11-8-5-2/h9,12,15,18,21,31,34,37,51-53,57-58H,4-8,10-11,13-14,16-17,19-20,22-30,32-33,35-36,38-50H2,1-3H3,(H,56,59)/b12-9+,18-15+,31-21-,37-34-. The van der Waals surface area contributed by atoms with E-state index in [0.29, 0.717) is 19.3 Å². The fraction of sp³-hybridized carbons (Fsp3) is 0.818. The van der Waals surface area contributed by atoms with Crippen molar-refractivity contribution in [1.82, 2.24) is 5.32 Å². The number of unbranched alkanes of at least 4 members (excludes halogenated alkanes) is 30. The van der Waals surface area contributed by atoms with E-state index in [1.807, 2.05) is 36.5 Å². The van der Waals surface area contributed by atoms with E-state index >= 15 is 0 Å². The van der Waals surface area contributed by atoms with Gasteiger partial charge in [-0.2, -0.15) is 0 Å². The van der Waals surface area contributed by atoms with Gasteiger partial charge >= 0.3 is 5.97 Å². The van der Waals surface area contributed by atoms with Crippen LogP contribution in [0.4, 0.5) is 0 Å². The van der Waals surface area contributed by atoms with Crippen molar-refractivity contribution in [1.29, 1.82) is 0 Å². The predicted molar refractivity (Wildman–Crippen MR) is 264 cm³/mol. The van der Waals surface area contributed by atoms with Gasteiger partial charge in [0.15, 0.2) is 0 Å². The van der Waals surface area contributed by atoms with Gasteiger partial charge in [0.25, 0.3) is 0 Å². The summed E-state index contributed by atoms with van der Waals surface area (Å²) < 4.78 is 5.90. The number of ether oxygens (including phenoxy) is 1. The smallest absolute Gasteiger partial charge is 0.306 e. The number of carbonyl (C=O) groups is 2. The molecule has 0 bridgehead atoms. The number of allylic oxidation sites excluding steroid dienone is 8. The van der Waals surface area contributed by atoms with Crippen molar-refractivity contribution in [3.05, 3.63) is 48.6 Å². The minimum atomic E-state index is -0.803. The fourth-order valence-electron chi connectivity index (χ4n) is 8.04. The molecule has 0 aromatic heterocycles. The second kappa shape index (κ2) is 48.8. The molecule has 0 spiro atoms. The number of aliphatic hydroxyl groups is 2. The zero-order chi connectivity index (χ0) is 44.5. The molecule has 3 N–H and O–H groups in total. The minimum Gasteiger partial charge on any atom is -0.462 e. The first-order chi connectivity index (χ1) is 30.0. The number of aliphatic hydroxyl groups excluding tert-OH is 2. The second-order valence-corrected chi connectivity index (χ2v) is 18.0. The number of hydrogen-bond donors (Lipinski definition) is 3. The molecule has 3 unspecified atom stereocenters. The van der Waals surface area contributed by atoms with Gasteiger partial charge in [-0.3, -0.25) is 9.59 Å². The van der Waals surface area contributed by atoms with Gasteiger partial charge in [-0.25, -0.2) is 0 Å². The lowest BCUT2D eigenvalue weighted by Gasteiger charge is -2.24. The Morgan fingerprint density at radius 3 is 1.31 bits per heavy atom. The SMILES string of the molecule is CC/C=C/C=C/C=C\C=C/CCCC(CC(=O)NC(CO)C(O)CCCCCCCCCCCCCCC)OC(=O)CCCCCCCCCCCCCCCCCCCC.